The van der Waals surface area contributed by atoms with Crippen LogP contribution in [-0.4, -0.2) is 70.6 Å². The smallest absolute Gasteiger partial charge is 0.272 e. The van der Waals surface area contributed by atoms with E-state index in [1.807, 2.05) is 48.5 Å². The number of hydrogen-bond donors (Lipinski definition) is 0. The lowest BCUT2D eigenvalue weighted by molar-refractivity contribution is -0.131. The summed E-state index contributed by atoms with van der Waals surface area (Å²) in [6, 6.07) is 16.5. The molecule has 3 amide bonds. The van der Waals surface area contributed by atoms with Crippen molar-refractivity contribution in [2.24, 2.45) is 7.05 Å². The van der Waals surface area contributed by atoms with Gasteiger partial charge in [-0.15, -0.1) is 0 Å². The summed E-state index contributed by atoms with van der Waals surface area (Å²) in [5, 5.41) is 4.18. The Morgan fingerprint density at radius 1 is 1.05 bits per heavy atom. The molecule has 3 aliphatic heterocycles. The second-order valence-corrected chi connectivity index (χ2v) is 9.96. The van der Waals surface area contributed by atoms with Crippen LogP contribution in [0.5, 0.6) is 5.75 Å². The molecule has 9 nitrogen and oxygen atoms in total. The molecule has 4 heterocycles. The van der Waals surface area contributed by atoms with Crippen molar-refractivity contribution in [1.82, 2.24) is 19.6 Å². The van der Waals surface area contributed by atoms with Crippen molar-refractivity contribution in [3.8, 4) is 5.75 Å². The van der Waals surface area contributed by atoms with Gasteiger partial charge in [0, 0.05) is 39.1 Å². The van der Waals surface area contributed by atoms with Crippen LogP contribution in [0.15, 0.2) is 60.8 Å². The molecule has 0 saturated carbocycles. The second-order valence-electron chi connectivity index (χ2n) is 9.96. The Morgan fingerprint density at radius 3 is 2.70 bits per heavy atom. The van der Waals surface area contributed by atoms with Crippen molar-refractivity contribution in [3.63, 3.8) is 0 Å². The number of rotatable bonds is 1. The number of aromatic nitrogens is 2. The second kappa shape index (κ2) is 8.76. The van der Waals surface area contributed by atoms with Gasteiger partial charge >= 0.3 is 0 Å². The number of aryl methyl sites for hydroxylation is 1. The molecule has 37 heavy (non-hydrogen) atoms. The highest BCUT2D eigenvalue weighted by Crippen LogP contribution is 2.57. The Bertz CT molecular complexity index is 1400. The number of para-hydroxylation sites is 1. The third kappa shape index (κ3) is 3.52. The molecule has 0 aliphatic carbocycles. The van der Waals surface area contributed by atoms with Crippen LogP contribution in [0.3, 0.4) is 0 Å². The monoisotopic (exact) mass is 499 g/mol. The van der Waals surface area contributed by atoms with Gasteiger partial charge in [0.05, 0.1) is 12.6 Å². The zero-order chi connectivity index (χ0) is 25.7. The third-order valence-corrected chi connectivity index (χ3v) is 7.93. The van der Waals surface area contributed by atoms with Gasteiger partial charge in [-0.3, -0.25) is 19.1 Å². The number of ether oxygens (including phenoxy) is 1. The fourth-order valence-electron chi connectivity index (χ4n) is 6.10. The summed E-state index contributed by atoms with van der Waals surface area (Å²) in [6.07, 6.45) is 2.71. The van der Waals surface area contributed by atoms with Gasteiger partial charge in [-0.2, -0.15) is 5.10 Å². The number of benzene rings is 2. The molecule has 6 rings (SSSR count). The summed E-state index contributed by atoms with van der Waals surface area (Å²) in [7, 11) is 3.49. The lowest BCUT2D eigenvalue weighted by Crippen LogP contribution is -2.48. The number of nitrogens with zero attached hydrogens (tertiary/aromatic N) is 5. The lowest BCUT2D eigenvalue weighted by Gasteiger charge is -2.35. The maximum atomic E-state index is 14.5. The van der Waals surface area contributed by atoms with E-state index in [0.717, 1.165) is 16.8 Å². The molecule has 1 spiro atoms. The van der Waals surface area contributed by atoms with E-state index in [1.165, 1.54) is 0 Å². The van der Waals surface area contributed by atoms with Gasteiger partial charge in [0.2, 0.25) is 11.8 Å². The van der Waals surface area contributed by atoms with Gasteiger partial charge in [-0.25, -0.2) is 0 Å². The molecule has 190 valence electrons. The Kier molecular flexibility index (Phi) is 5.51. The molecule has 4 bridgehead atoms. The first-order valence-electron chi connectivity index (χ1n) is 12.6. The largest absolute Gasteiger partial charge is 0.494 e. The SMILES string of the molecule is CN1CCCOc2cccc(c2)[C@@H]2N(C(=O)c3ccnn3C)CC[C@]23C(=O)N(CC1=O)c1ccccc13. The predicted molar refractivity (Wildman–Crippen MR) is 136 cm³/mol. The average molecular weight is 500 g/mol. The number of anilines is 1. The van der Waals surface area contributed by atoms with Crippen molar-refractivity contribution >= 4 is 23.4 Å². The minimum atomic E-state index is -1.02. The molecular weight excluding hydrogens is 470 g/mol. The minimum Gasteiger partial charge on any atom is -0.494 e. The van der Waals surface area contributed by atoms with Gasteiger partial charge in [0.15, 0.2) is 0 Å². The van der Waals surface area contributed by atoms with Crippen LogP contribution in [0, 0.1) is 0 Å². The molecule has 1 fully saturated rings. The topological polar surface area (TPSA) is 88.0 Å². The van der Waals surface area contributed by atoms with E-state index < -0.39 is 11.5 Å². The van der Waals surface area contributed by atoms with E-state index in [9.17, 15) is 14.4 Å². The van der Waals surface area contributed by atoms with Crippen molar-refractivity contribution in [2.45, 2.75) is 24.3 Å². The van der Waals surface area contributed by atoms with Crippen LogP contribution in [0.25, 0.3) is 0 Å². The molecule has 1 saturated heterocycles. The first-order valence-corrected chi connectivity index (χ1v) is 12.6. The van der Waals surface area contributed by atoms with Crippen LogP contribution >= 0.6 is 0 Å². The fourth-order valence-corrected chi connectivity index (χ4v) is 6.10. The quantitative estimate of drug-likeness (QED) is 0.514. The highest BCUT2D eigenvalue weighted by atomic mass is 16.5. The van der Waals surface area contributed by atoms with Gasteiger partial charge < -0.3 is 19.4 Å². The Hall–Kier alpha value is -4.14. The van der Waals surface area contributed by atoms with Crippen LogP contribution < -0.4 is 9.64 Å². The van der Waals surface area contributed by atoms with Crippen molar-refractivity contribution in [1.29, 1.82) is 0 Å². The molecule has 1 aromatic heterocycles. The van der Waals surface area contributed by atoms with E-state index >= 15 is 0 Å². The number of amides is 3. The average Bonchev–Trinajstić information content (AvgIpc) is 3.58. The predicted octanol–water partition coefficient (Wildman–Crippen LogP) is 2.53. The Balaban J connectivity index is 1.56. The molecular formula is C28H29N5O4. The lowest BCUT2D eigenvalue weighted by atomic mass is 9.72. The van der Waals surface area contributed by atoms with Crippen LogP contribution in [0.4, 0.5) is 5.69 Å². The summed E-state index contributed by atoms with van der Waals surface area (Å²) in [5.74, 6) is 0.209. The van der Waals surface area contributed by atoms with E-state index in [2.05, 4.69) is 5.10 Å². The first-order chi connectivity index (χ1) is 17.9. The van der Waals surface area contributed by atoms with Crippen LogP contribution in [0.2, 0.25) is 0 Å². The Labute approximate surface area is 215 Å². The summed E-state index contributed by atoms with van der Waals surface area (Å²) >= 11 is 0. The van der Waals surface area contributed by atoms with E-state index in [4.69, 9.17) is 4.74 Å². The van der Waals surface area contributed by atoms with Crippen LogP contribution in [0.1, 0.15) is 40.5 Å². The molecule has 3 aromatic rings. The number of likely N-dealkylation sites (N-methyl/N-ethyl adjacent to an activating group) is 1. The van der Waals surface area contributed by atoms with E-state index in [0.29, 0.717) is 44.0 Å². The maximum absolute atomic E-state index is 14.5. The number of hydrogen-bond acceptors (Lipinski definition) is 5. The summed E-state index contributed by atoms with van der Waals surface area (Å²) in [4.78, 5) is 46.6. The summed E-state index contributed by atoms with van der Waals surface area (Å²) in [6.45, 7) is 1.33. The zero-order valence-electron chi connectivity index (χ0n) is 21.0. The van der Waals surface area contributed by atoms with Crippen LogP contribution in [-0.2, 0) is 22.1 Å². The molecule has 0 radical (unpaired) electrons. The number of carbonyl (C=O) groups excluding carboxylic acids is 3. The molecule has 2 aromatic carbocycles. The van der Waals surface area contributed by atoms with E-state index in [-0.39, 0.29) is 24.3 Å². The number of likely N-dealkylation sites (tertiary alicyclic amines) is 1. The van der Waals surface area contributed by atoms with Gasteiger partial charge in [0.1, 0.15) is 23.4 Å². The number of carbonyl (C=O) groups is 3. The van der Waals surface area contributed by atoms with Gasteiger partial charge in [-0.1, -0.05) is 30.3 Å². The van der Waals surface area contributed by atoms with Crippen molar-refractivity contribution in [2.75, 3.05) is 38.2 Å². The molecule has 2 atom stereocenters. The van der Waals surface area contributed by atoms with E-state index in [1.54, 1.807) is 45.7 Å². The number of fused-ring (bicyclic) bond motifs is 6. The van der Waals surface area contributed by atoms with Crippen molar-refractivity contribution < 1.29 is 19.1 Å². The Morgan fingerprint density at radius 2 is 1.89 bits per heavy atom. The van der Waals surface area contributed by atoms with Crippen molar-refractivity contribution in [3.05, 3.63) is 77.6 Å². The zero-order valence-corrected chi connectivity index (χ0v) is 21.0. The molecule has 3 aliphatic rings. The molecule has 0 unspecified atom stereocenters. The maximum Gasteiger partial charge on any atom is 0.272 e. The molecule has 9 heteroatoms. The highest BCUT2D eigenvalue weighted by Gasteiger charge is 2.62. The summed E-state index contributed by atoms with van der Waals surface area (Å²) < 4.78 is 7.59. The van der Waals surface area contributed by atoms with Gasteiger partial charge in [-0.05, 0) is 48.2 Å². The standard InChI is InChI=1S/C28H29N5O4/c1-30-14-6-16-37-20-8-5-7-19(17-20)25-28(12-15-32(25)26(35)23-11-13-29-31(23)2)21-9-3-4-10-22(21)33(27(28)36)18-24(30)34/h3-5,7-11,13,17,25H,6,12,14-16,18H2,1-2H3/t25-,28+/m0/s1. The third-order valence-electron chi connectivity index (χ3n) is 7.93. The fraction of sp³-hybridized carbons (Fsp3) is 0.357. The van der Waals surface area contributed by atoms with Gasteiger partial charge in [0.25, 0.3) is 5.91 Å². The first kappa shape index (κ1) is 23.3. The summed E-state index contributed by atoms with van der Waals surface area (Å²) in [5.41, 5.74) is 1.84. The molecule has 0 N–H and O–H groups in total. The normalized spacial score (nSPS) is 23.4. The highest BCUT2D eigenvalue weighted by molar-refractivity contribution is 6.12. The minimum absolute atomic E-state index is 0.0443.